The van der Waals surface area contributed by atoms with E-state index in [1.54, 1.807) is 19.2 Å². The summed E-state index contributed by atoms with van der Waals surface area (Å²) >= 11 is 0. The number of carbonyl (C=O) groups excluding carboxylic acids is 1. The molecule has 3 fully saturated rings. The number of carbonyl (C=O) groups is 1. The van der Waals surface area contributed by atoms with Crippen molar-refractivity contribution < 1.29 is 27.8 Å². The summed E-state index contributed by atoms with van der Waals surface area (Å²) < 4.78 is 45.5. The van der Waals surface area contributed by atoms with E-state index in [1.807, 2.05) is 18.2 Å². The van der Waals surface area contributed by atoms with Crippen molar-refractivity contribution >= 4 is 12.0 Å². The van der Waals surface area contributed by atoms with Gasteiger partial charge in [-0.3, -0.25) is 4.79 Å². The van der Waals surface area contributed by atoms with Gasteiger partial charge in [-0.1, -0.05) is 24.3 Å². The maximum absolute atomic E-state index is 13.0. The van der Waals surface area contributed by atoms with Gasteiger partial charge < -0.3 is 20.1 Å². The summed E-state index contributed by atoms with van der Waals surface area (Å²) in [7, 11) is 1.77. The van der Waals surface area contributed by atoms with Crippen molar-refractivity contribution in [1.29, 1.82) is 0 Å². The van der Waals surface area contributed by atoms with Gasteiger partial charge in [-0.25, -0.2) is 0 Å². The molecule has 0 aromatic heterocycles. The zero-order chi connectivity index (χ0) is 27.0. The Bertz CT molecular complexity index is 1200. The molecule has 204 valence electrons. The van der Waals surface area contributed by atoms with Gasteiger partial charge in [0.05, 0.1) is 11.2 Å². The number of piperidine rings is 1. The Hall–Kier alpha value is -2.84. The Kier molecular flexibility index (Phi) is 7.31. The number of aromatic hydroxyl groups is 1. The van der Waals surface area contributed by atoms with E-state index in [0.29, 0.717) is 12.0 Å². The fourth-order valence-corrected chi connectivity index (χ4v) is 6.58. The topological polar surface area (TPSA) is 61.8 Å². The minimum absolute atomic E-state index is 0.130. The number of nitrogens with one attached hydrogen (secondary N) is 1. The molecule has 2 aliphatic carbocycles. The normalized spacial score (nSPS) is 28.3. The number of phenols is 1. The van der Waals surface area contributed by atoms with Crippen molar-refractivity contribution in [2.24, 2.45) is 5.92 Å². The zero-order valence-corrected chi connectivity index (χ0v) is 21.6. The second-order valence-corrected chi connectivity index (χ2v) is 11.2. The van der Waals surface area contributed by atoms with E-state index in [-0.39, 0.29) is 23.1 Å². The number of likely N-dealkylation sites (tertiary alicyclic amines) is 1. The second kappa shape index (κ2) is 10.4. The van der Waals surface area contributed by atoms with Crippen LogP contribution in [0.1, 0.15) is 55.2 Å². The summed E-state index contributed by atoms with van der Waals surface area (Å²) in [6, 6.07) is 12.2. The first-order valence-corrected chi connectivity index (χ1v) is 13.4. The number of ether oxygens (including phenoxy) is 1. The van der Waals surface area contributed by atoms with Crippen LogP contribution in [0.4, 0.5) is 13.2 Å². The minimum atomic E-state index is -4.43. The predicted molar refractivity (Wildman–Crippen MR) is 140 cm³/mol. The number of hydrogen-bond donors (Lipinski definition) is 2. The van der Waals surface area contributed by atoms with Gasteiger partial charge >= 0.3 is 6.18 Å². The van der Waals surface area contributed by atoms with E-state index in [0.717, 1.165) is 62.5 Å². The first kappa shape index (κ1) is 26.8. The maximum Gasteiger partial charge on any atom is 0.416 e. The van der Waals surface area contributed by atoms with Gasteiger partial charge in [0.2, 0.25) is 5.91 Å². The molecule has 38 heavy (non-hydrogen) atoms. The number of alkyl halides is 3. The number of nitrogens with zero attached hydrogens (tertiary/aromatic N) is 1. The molecule has 0 radical (unpaired) electrons. The van der Waals surface area contributed by atoms with Gasteiger partial charge in [0.25, 0.3) is 0 Å². The molecular weight excluding hydrogens is 493 g/mol. The van der Waals surface area contributed by atoms with Crippen molar-refractivity contribution in [2.45, 2.75) is 61.8 Å². The molecule has 2 saturated carbocycles. The number of hydrogen-bond acceptors (Lipinski definition) is 4. The largest absolute Gasteiger partial charge is 0.508 e. The average molecular weight is 529 g/mol. The van der Waals surface area contributed by atoms with Crippen LogP contribution in [0.5, 0.6) is 5.75 Å². The summed E-state index contributed by atoms with van der Waals surface area (Å²) in [4.78, 5) is 15.4. The van der Waals surface area contributed by atoms with Gasteiger partial charge in [-0.2, -0.15) is 13.2 Å². The number of halogens is 3. The standard InChI is InChI=1S/C30H35F3N2O3/c1-38-29-13-12-25(34-27(37)11-10-21-4-2-6-24(16-21)30(31,32)33)18-28(29,23-5-3-7-26(36)17-23)14-15-35(20-29)19-22-8-9-22/h2-7,10-11,16-17,22,25,36H,8-9,12-15,18-20H2,1H3,(H,34,37)/b11-10+. The summed E-state index contributed by atoms with van der Waals surface area (Å²) in [6.07, 6.45) is 3.84. The lowest BCUT2D eigenvalue weighted by Gasteiger charge is -2.60. The molecule has 5 rings (SSSR count). The molecule has 2 N–H and O–H groups in total. The molecule has 3 aliphatic rings. The Morgan fingerprint density at radius 3 is 2.66 bits per heavy atom. The summed E-state index contributed by atoms with van der Waals surface area (Å²) in [5.74, 6) is 0.642. The number of methoxy groups -OCH3 is 1. The van der Waals surface area contributed by atoms with Crippen LogP contribution >= 0.6 is 0 Å². The molecule has 5 nitrogen and oxygen atoms in total. The van der Waals surface area contributed by atoms with Crippen LogP contribution < -0.4 is 5.32 Å². The molecule has 3 atom stereocenters. The smallest absolute Gasteiger partial charge is 0.416 e. The minimum Gasteiger partial charge on any atom is -0.508 e. The summed E-state index contributed by atoms with van der Waals surface area (Å²) in [6.45, 7) is 2.82. The first-order chi connectivity index (χ1) is 18.1. The molecule has 1 saturated heterocycles. The van der Waals surface area contributed by atoms with Crippen LogP contribution in [-0.4, -0.2) is 54.3 Å². The SMILES string of the molecule is COC12CCC(NC(=O)/C=C/c3cccc(C(F)(F)F)c3)CC1(c1cccc(O)c1)CCN(CC1CC1)C2. The van der Waals surface area contributed by atoms with E-state index < -0.39 is 17.3 Å². The Morgan fingerprint density at radius 2 is 1.95 bits per heavy atom. The number of benzene rings is 2. The van der Waals surface area contributed by atoms with Crippen LogP contribution in [0.2, 0.25) is 0 Å². The van der Waals surface area contributed by atoms with E-state index in [2.05, 4.69) is 10.2 Å². The maximum atomic E-state index is 13.0. The molecule has 2 aromatic rings. The van der Waals surface area contributed by atoms with Gasteiger partial charge in [0.15, 0.2) is 0 Å². The van der Waals surface area contributed by atoms with E-state index >= 15 is 0 Å². The highest BCUT2D eigenvalue weighted by Gasteiger charge is 2.59. The first-order valence-electron chi connectivity index (χ1n) is 13.4. The molecule has 3 unspecified atom stereocenters. The third-order valence-electron chi connectivity index (χ3n) is 8.69. The second-order valence-electron chi connectivity index (χ2n) is 11.2. The molecule has 1 heterocycles. The molecule has 1 aliphatic heterocycles. The van der Waals surface area contributed by atoms with Crippen LogP contribution in [-0.2, 0) is 21.1 Å². The fraction of sp³-hybridized carbons (Fsp3) is 0.500. The highest BCUT2D eigenvalue weighted by Crippen LogP contribution is 2.54. The van der Waals surface area contributed by atoms with Crippen molar-refractivity contribution in [3.05, 3.63) is 71.3 Å². The highest BCUT2D eigenvalue weighted by molar-refractivity contribution is 5.92. The predicted octanol–water partition coefficient (Wildman–Crippen LogP) is 5.53. The quantitative estimate of drug-likeness (QED) is 0.464. The van der Waals surface area contributed by atoms with Crippen LogP contribution in [0.15, 0.2) is 54.6 Å². The van der Waals surface area contributed by atoms with Crippen molar-refractivity contribution in [2.75, 3.05) is 26.7 Å². The molecule has 0 spiro atoms. The van der Waals surface area contributed by atoms with Crippen molar-refractivity contribution in [3.8, 4) is 5.75 Å². The van der Waals surface area contributed by atoms with Gasteiger partial charge in [-0.15, -0.1) is 0 Å². The van der Waals surface area contributed by atoms with Crippen LogP contribution in [0, 0.1) is 5.92 Å². The third kappa shape index (κ3) is 5.47. The lowest BCUT2D eigenvalue weighted by Crippen LogP contribution is -2.68. The number of rotatable bonds is 7. The molecule has 0 bridgehead atoms. The Morgan fingerprint density at radius 1 is 1.16 bits per heavy atom. The molecule has 2 aromatic carbocycles. The van der Waals surface area contributed by atoms with Crippen LogP contribution in [0.25, 0.3) is 6.08 Å². The number of amides is 1. The van der Waals surface area contributed by atoms with Crippen molar-refractivity contribution in [1.82, 2.24) is 10.2 Å². The molecule has 1 amide bonds. The molecular formula is C30H35F3N2O3. The van der Waals surface area contributed by atoms with Crippen LogP contribution in [0.3, 0.4) is 0 Å². The fourth-order valence-electron chi connectivity index (χ4n) is 6.58. The monoisotopic (exact) mass is 528 g/mol. The lowest BCUT2D eigenvalue weighted by atomic mass is 9.55. The van der Waals surface area contributed by atoms with E-state index in [1.165, 1.54) is 31.1 Å². The Balaban J connectivity index is 1.35. The summed E-state index contributed by atoms with van der Waals surface area (Å²) in [5, 5.41) is 13.4. The molecule has 8 heteroatoms. The van der Waals surface area contributed by atoms with Gasteiger partial charge in [0, 0.05) is 37.7 Å². The van der Waals surface area contributed by atoms with E-state index in [9.17, 15) is 23.1 Å². The third-order valence-corrected chi connectivity index (χ3v) is 8.69. The van der Waals surface area contributed by atoms with Gasteiger partial charge in [-0.05, 0) is 92.5 Å². The average Bonchev–Trinajstić information content (AvgIpc) is 3.71. The lowest BCUT2D eigenvalue weighted by molar-refractivity contribution is -0.150. The number of fused-ring (bicyclic) bond motifs is 1. The van der Waals surface area contributed by atoms with E-state index in [4.69, 9.17) is 4.74 Å². The highest BCUT2D eigenvalue weighted by atomic mass is 19.4. The van der Waals surface area contributed by atoms with Crippen molar-refractivity contribution in [3.63, 3.8) is 0 Å². The van der Waals surface area contributed by atoms with Gasteiger partial charge in [0.1, 0.15) is 5.75 Å². The zero-order valence-electron chi connectivity index (χ0n) is 21.6. The Labute approximate surface area is 221 Å². The number of phenolic OH excluding ortho intramolecular Hbond substituents is 1. The summed E-state index contributed by atoms with van der Waals surface area (Å²) in [5.41, 5.74) is -0.241.